The molecule has 2 rings (SSSR count). The lowest BCUT2D eigenvalue weighted by Crippen LogP contribution is -2.41. The van der Waals surface area contributed by atoms with Crippen molar-refractivity contribution in [1.29, 1.82) is 0 Å². The molecule has 1 aliphatic carbocycles. The van der Waals surface area contributed by atoms with Crippen molar-refractivity contribution in [3.63, 3.8) is 0 Å². The molecule has 3 N–H and O–H groups in total. The maximum Gasteiger partial charge on any atom is 0.236 e. The zero-order chi connectivity index (χ0) is 17.4. The van der Waals surface area contributed by atoms with Crippen LogP contribution in [0, 0.1) is 0 Å². The molecule has 1 aromatic rings. The van der Waals surface area contributed by atoms with Crippen molar-refractivity contribution in [2.45, 2.75) is 62.2 Å². The Hall–Kier alpha value is -0.730. The molecule has 6 nitrogen and oxygen atoms in total. The third-order valence-corrected chi connectivity index (χ3v) is 5.74. The van der Waals surface area contributed by atoms with Gasteiger partial charge >= 0.3 is 0 Å². The fourth-order valence-corrected chi connectivity index (χ4v) is 4.17. The Bertz CT molecular complexity index is 517. The van der Waals surface area contributed by atoms with Crippen LogP contribution in [0.4, 0.5) is 0 Å². The number of carbonyl (C=O) groups is 1. The summed E-state index contributed by atoms with van der Waals surface area (Å²) in [6.07, 6.45) is 11.5. The van der Waals surface area contributed by atoms with E-state index in [1.165, 1.54) is 25.7 Å². The molecule has 0 spiro atoms. The summed E-state index contributed by atoms with van der Waals surface area (Å²) >= 11 is 3.37. The second-order valence-corrected chi connectivity index (χ2v) is 7.95. The number of hydrogen-bond donors (Lipinski definition) is 2. The highest BCUT2D eigenvalue weighted by atomic mass is 32.2. The monoisotopic (exact) mass is 371 g/mol. The summed E-state index contributed by atoms with van der Waals surface area (Å²) in [5.41, 5.74) is 5.87. The van der Waals surface area contributed by atoms with Crippen LogP contribution in [0.15, 0.2) is 5.16 Å². The summed E-state index contributed by atoms with van der Waals surface area (Å²) in [7, 11) is 0. The zero-order valence-corrected chi connectivity index (χ0v) is 16.3. The van der Waals surface area contributed by atoms with Gasteiger partial charge in [-0.3, -0.25) is 4.79 Å². The van der Waals surface area contributed by atoms with Crippen LogP contribution in [-0.4, -0.2) is 51.5 Å². The van der Waals surface area contributed by atoms with Gasteiger partial charge in [0.05, 0.1) is 6.04 Å². The van der Waals surface area contributed by atoms with E-state index in [1.807, 2.05) is 6.26 Å². The van der Waals surface area contributed by atoms with Gasteiger partial charge in [0.2, 0.25) is 5.91 Å². The minimum atomic E-state index is -0.400. The summed E-state index contributed by atoms with van der Waals surface area (Å²) in [5, 5.41) is 12.6. The van der Waals surface area contributed by atoms with Crippen molar-refractivity contribution in [2.75, 3.05) is 24.8 Å². The Balaban J connectivity index is 1.80. The molecular formula is C16H29N5OS2. The summed E-state index contributed by atoms with van der Waals surface area (Å²) in [4.78, 5) is 11.9. The summed E-state index contributed by atoms with van der Waals surface area (Å²) in [6.45, 7) is 0.637. The first-order valence-electron chi connectivity index (χ1n) is 8.67. The quantitative estimate of drug-likeness (QED) is 0.485. The number of nitrogens with one attached hydrogen (secondary N) is 1. The van der Waals surface area contributed by atoms with Gasteiger partial charge in [0.15, 0.2) is 5.16 Å². The number of thioether (sulfide) groups is 2. The Kier molecular flexibility index (Phi) is 8.41. The van der Waals surface area contributed by atoms with E-state index in [2.05, 4.69) is 26.3 Å². The lowest BCUT2D eigenvalue weighted by Gasteiger charge is -2.16. The summed E-state index contributed by atoms with van der Waals surface area (Å²) < 4.78 is 2.32. The molecule has 0 bridgehead atoms. The van der Waals surface area contributed by atoms with Gasteiger partial charge in [-0.15, -0.1) is 10.2 Å². The minimum absolute atomic E-state index is 0.0499. The van der Waals surface area contributed by atoms with E-state index in [0.717, 1.165) is 36.0 Å². The molecule has 1 heterocycles. The lowest BCUT2D eigenvalue weighted by atomic mass is 10.2. The van der Waals surface area contributed by atoms with Crippen molar-refractivity contribution < 1.29 is 4.79 Å². The van der Waals surface area contributed by atoms with E-state index in [9.17, 15) is 4.79 Å². The van der Waals surface area contributed by atoms with Gasteiger partial charge in [0.1, 0.15) is 5.82 Å². The van der Waals surface area contributed by atoms with E-state index in [4.69, 9.17) is 5.73 Å². The second-order valence-electron chi connectivity index (χ2n) is 6.19. The van der Waals surface area contributed by atoms with Crippen molar-refractivity contribution in [2.24, 2.45) is 5.73 Å². The first kappa shape index (κ1) is 19.6. The molecule has 1 aliphatic rings. The predicted octanol–water partition coefficient (Wildman–Crippen LogP) is 2.24. The Morgan fingerprint density at radius 2 is 2.12 bits per heavy atom. The molecule has 1 unspecified atom stereocenters. The SMILES string of the molecule is CSCCC(N)C(=O)NCCCc1nnc(SC)n1C1CCCC1. The number of amides is 1. The third-order valence-electron chi connectivity index (χ3n) is 4.45. The molecule has 0 radical (unpaired) electrons. The number of nitrogens with two attached hydrogens (primary N) is 1. The Morgan fingerprint density at radius 1 is 1.38 bits per heavy atom. The summed E-state index contributed by atoms with van der Waals surface area (Å²) in [6, 6.07) is 0.148. The highest BCUT2D eigenvalue weighted by molar-refractivity contribution is 7.98. The molecule has 1 aromatic heterocycles. The number of hydrogen-bond acceptors (Lipinski definition) is 6. The highest BCUT2D eigenvalue weighted by Crippen LogP contribution is 2.33. The molecule has 1 atom stereocenters. The van der Waals surface area contributed by atoms with Crippen LogP contribution >= 0.6 is 23.5 Å². The summed E-state index contributed by atoms with van der Waals surface area (Å²) in [5.74, 6) is 1.91. The molecular weight excluding hydrogens is 342 g/mol. The van der Waals surface area contributed by atoms with E-state index < -0.39 is 6.04 Å². The predicted molar refractivity (Wildman–Crippen MR) is 102 cm³/mol. The average Bonchev–Trinajstić information content (AvgIpc) is 3.24. The number of rotatable bonds is 10. The van der Waals surface area contributed by atoms with Gasteiger partial charge in [0.25, 0.3) is 0 Å². The molecule has 1 saturated carbocycles. The van der Waals surface area contributed by atoms with Gasteiger partial charge < -0.3 is 15.6 Å². The standard InChI is InChI=1S/C16H29N5OS2/c1-23-11-9-13(17)15(22)18-10-5-8-14-19-20-16(24-2)21(14)12-6-3-4-7-12/h12-13H,3-11,17H2,1-2H3,(H,18,22). The van der Waals surface area contributed by atoms with Crippen LogP contribution in [0.2, 0.25) is 0 Å². The maximum atomic E-state index is 11.9. The average molecular weight is 372 g/mol. The van der Waals surface area contributed by atoms with Crippen LogP contribution in [0.25, 0.3) is 0 Å². The van der Waals surface area contributed by atoms with Gasteiger partial charge in [0, 0.05) is 19.0 Å². The van der Waals surface area contributed by atoms with Crippen LogP contribution in [-0.2, 0) is 11.2 Å². The molecule has 1 amide bonds. The molecule has 0 saturated heterocycles. The Morgan fingerprint density at radius 3 is 2.79 bits per heavy atom. The fourth-order valence-electron chi connectivity index (χ4n) is 3.11. The van der Waals surface area contributed by atoms with Crippen molar-refractivity contribution in [3.05, 3.63) is 5.82 Å². The minimum Gasteiger partial charge on any atom is -0.355 e. The maximum absolute atomic E-state index is 11.9. The second kappa shape index (κ2) is 10.3. The Labute approximate surface area is 153 Å². The van der Waals surface area contributed by atoms with Gasteiger partial charge in [-0.2, -0.15) is 11.8 Å². The van der Waals surface area contributed by atoms with Gasteiger partial charge in [-0.1, -0.05) is 24.6 Å². The largest absolute Gasteiger partial charge is 0.355 e. The molecule has 136 valence electrons. The molecule has 0 aliphatic heterocycles. The van der Waals surface area contributed by atoms with Crippen molar-refractivity contribution in [1.82, 2.24) is 20.1 Å². The van der Waals surface area contributed by atoms with Crippen molar-refractivity contribution in [3.8, 4) is 0 Å². The van der Waals surface area contributed by atoms with E-state index in [0.29, 0.717) is 12.6 Å². The van der Waals surface area contributed by atoms with Crippen molar-refractivity contribution >= 4 is 29.4 Å². The molecule has 8 heteroatoms. The number of nitrogens with zero attached hydrogens (tertiary/aromatic N) is 3. The third kappa shape index (κ3) is 5.39. The zero-order valence-electron chi connectivity index (χ0n) is 14.7. The number of aromatic nitrogens is 3. The molecule has 1 fully saturated rings. The van der Waals surface area contributed by atoms with Crippen LogP contribution < -0.4 is 11.1 Å². The van der Waals surface area contributed by atoms with E-state index in [1.54, 1.807) is 23.5 Å². The van der Waals surface area contributed by atoms with E-state index >= 15 is 0 Å². The smallest absolute Gasteiger partial charge is 0.236 e. The van der Waals surface area contributed by atoms with Crippen LogP contribution in [0.1, 0.15) is 50.4 Å². The normalized spacial score (nSPS) is 16.5. The van der Waals surface area contributed by atoms with E-state index in [-0.39, 0.29) is 5.91 Å². The molecule has 0 aromatic carbocycles. The molecule has 24 heavy (non-hydrogen) atoms. The van der Waals surface area contributed by atoms with Crippen LogP contribution in [0.5, 0.6) is 0 Å². The lowest BCUT2D eigenvalue weighted by molar-refractivity contribution is -0.122. The highest BCUT2D eigenvalue weighted by Gasteiger charge is 2.23. The first-order valence-corrected chi connectivity index (χ1v) is 11.3. The van der Waals surface area contributed by atoms with Gasteiger partial charge in [-0.25, -0.2) is 0 Å². The number of aryl methyl sites for hydroxylation is 1. The fraction of sp³-hybridized carbons (Fsp3) is 0.812. The van der Waals surface area contributed by atoms with Crippen LogP contribution in [0.3, 0.4) is 0 Å². The topological polar surface area (TPSA) is 85.8 Å². The van der Waals surface area contributed by atoms with Gasteiger partial charge in [-0.05, 0) is 43.9 Å². The number of carbonyl (C=O) groups excluding carboxylic acids is 1. The first-order chi connectivity index (χ1) is 11.7.